The highest BCUT2D eigenvalue weighted by Gasteiger charge is 2.30. The summed E-state index contributed by atoms with van der Waals surface area (Å²) in [5, 5.41) is 3.20. The van der Waals surface area contributed by atoms with Gasteiger partial charge in [0.15, 0.2) is 17.0 Å². The van der Waals surface area contributed by atoms with E-state index in [4.69, 9.17) is 4.74 Å². The average molecular weight is 561 g/mol. The Balaban J connectivity index is 1.38. The SMILES string of the molecule is CNc1ccc(N2CCCC(N(Cc3ccnc(C)c3)Cc3cn4c5c(c(F)c(F)cc5c3=O)OCC4C)C2)cn1. The van der Waals surface area contributed by atoms with Crippen LogP contribution in [0.15, 0.2) is 53.7 Å². The van der Waals surface area contributed by atoms with Gasteiger partial charge in [0.2, 0.25) is 5.82 Å². The van der Waals surface area contributed by atoms with E-state index in [2.05, 4.69) is 37.2 Å². The Morgan fingerprint density at radius 1 is 1.17 bits per heavy atom. The molecule has 3 aromatic heterocycles. The molecule has 1 aromatic carbocycles. The van der Waals surface area contributed by atoms with Crippen LogP contribution in [0.4, 0.5) is 20.3 Å². The number of halogens is 2. The number of rotatable bonds is 7. The summed E-state index contributed by atoms with van der Waals surface area (Å²) in [6, 6.07) is 9.14. The molecule has 0 spiro atoms. The Bertz CT molecular complexity index is 1640. The molecule has 1 N–H and O–H groups in total. The standard InChI is InChI=1S/C31H34F2N6O2/c1-19-11-21(8-9-35-19)14-38(24-5-4-10-37(17-24)23-6-7-27(34-3)36-13-23)15-22-16-39-20(2)18-41-31-28(33)26(32)12-25(29(31)39)30(22)40/h6-9,11-13,16,20,24H,4-5,10,14-15,17-18H2,1-3H3,(H,34,36). The lowest BCUT2D eigenvalue weighted by Crippen LogP contribution is -2.48. The van der Waals surface area contributed by atoms with E-state index in [1.807, 2.05) is 50.0 Å². The van der Waals surface area contributed by atoms with Crippen molar-refractivity contribution in [3.05, 3.63) is 87.6 Å². The van der Waals surface area contributed by atoms with Crippen LogP contribution in [0.2, 0.25) is 0 Å². The second-order valence-electron chi connectivity index (χ2n) is 11.1. The quantitative estimate of drug-likeness (QED) is 0.339. The lowest BCUT2D eigenvalue weighted by atomic mass is 10.0. The number of nitrogens with zero attached hydrogens (tertiary/aromatic N) is 5. The van der Waals surface area contributed by atoms with Gasteiger partial charge in [0.1, 0.15) is 12.4 Å². The number of hydrogen-bond donors (Lipinski definition) is 1. The van der Waals surface area contributed by atoms with Crippen molar-refractivity contribution in [2.45, 2.75) is 51.9 Å². The van der Waals surface area contributed by atoms with Crippen molar-refractivity contribution < 1.29 is 13.5 Å². The molecule has 8 nitrogen and oxygen atoms in total. The molecule has 0 amide bonds. The van der Waals surface area contributed by atoms with Gasteiger partial charge in [0, 0.05) is 62.9 Å². The lowest BCUT2D eigenvalue weighted by molar-refractivity contribution is 0.157. The van der Waals surface area contributed by atoms with Crippen molar-refractivity contribution in [2.75, 3.05) is 37.0 Å². The Labute approximate surface area is 237 Å². The number of hydrogen-bond acceptors (Lipinski definition) is 7. The molecule has 10 heteroatoms. The maximum absolute atomic E-state index is 14.6. The Morgan fingerprint density at radius 3 is 2.78 bits per heavy atom. The summed E-state index contributed by atoms with van der Waals surface area (Å²) in [7, 11) is 1.85. The zero-order valence-electron chi connectivity index (χ0n) is 23.5. The van der Waals surface area contributed by atoms with Gasteiger partial charge in [0.25, 0.3) is 0 Å². The maximum atomic E-state index is 14.6. The molecule has 41 heavy (non-hydrogen) atoms. The summed E-state index contributed by atoms with van der Waals surface area (Å²) in [5.41, 5.74) is 3.65. The van der Waals surface area contributed by atoms with Gasteiger partial charge in [-0.2, -0.15) is 4.39 Å². The molecule has 2 unspecified atom stereocenters. The minimum Gasteiger partial charge on any atom is -0.486 e. The van der Waals surface area contributed by atoms with Crippen LogP contribution in [-0.2, 0) is 13.1 Å². The van der Waals surface area contributed by atoms with Gasteiger partial charge in [-0.05, 0) is 62.6 Å². The first kappa shape index (κ1) is 27.1. The van der Waals surface area contributed by atoms with Gasteiger partial charge in [-0.15, -0.1) is 0 Å². The first-order valence-electron chi connectivity index (χ1n) is 14.0. The van der Waals surface area contributed by atoms with E-state index < -0.39 is 11.6 Å². The van der Waals surface area contributed by atoms with Gasteiger partial charge in [0.05, 0.1) is 28.8 Å². The molecular formula is C31H34F2N6O2. The van der Waals surface area contributed by atoms with Crippen molar-refractivity contribution in [1.29, 1.82) is 0 Å². The molecule has 0 aliphatic carbocycles. The highest BCUT2D eigenvalue weighted by molar-refractivity contribution is 5.86. The predicted molar refractivity (Wildman–Crippen MR) is 156 cm³/mol. The number of benzene rings is 1. The fourth-order valence-electron chi connectivity index (χ4n) is 6.04. The molecule has 0 bridgehead atoms. The number of pyridine rings is 3. The van der Waals surface area contributed by atoms with E-state index in [1.165, 1.54) is 0 Å². The van der Waals surface area contributed by atoms with Gasteiger partial charge in [-0.25, -0.2) is 9.37 Å². The van der Waals surface area contributed by atoms with E-state index in [0.29, 0.717) is 24.2 Å². The second-order valence-corrected chi connectivity index (χ2v) is 11.1. The number of aryl methyl sites for hydroxylation is 1. The number of piperidine rings is 1. The molecule has 5 heterocycles. The van der Waals surface area contributed by atoms with Crippen molar-refractivity contribution in [3.8, 4) is 5.75 Å². The van der Waals surface area contributed by atoms with Crippen molar-refractivity contribution in [3.63, 3.8) is 0 Å². The Hall–Kier alpha value is -4.05. The highest BCUT2D eigenvalue weighted by Crippen LogP contribution is 2.35. The fourth-order valence-corrected chi connectivity index (χ4v) is 6.04. The van der Waals surface area contributed by atoms with Gasteiger partial charge < -0.3 is 19.5 Å². The zero-order valence-corrected chi connectivity index (χ0v) is 23.5. The first-order chi connectivity index (χ1) is 19.8. The summed E-state index contributed by atoms with van der Waals surface area (Å²) in [6.07, 6.45) is 7.47. The largest absolute Gasteiger partial charge is 0.486 e. The molecule has 4 aromatic rings. The van der Waals surface area contributed by atoms with Crippen LogP contribution in [0.3, 0.4) is 0 Å². The van der Waals surface area contributed by atoms with Gasteiger partial charge in [-0.3, -0.25) is 14.7 Å². The van der Waals surface area contributed by atoms with E-state index >= 15 is 0 Å². The topological polar surface area (TPSA) is 75.5 Å². The third kappa shape index (κ3) is 5.24. The van der Waals surface area contributed by atoms with Crippen LogP contribution < -0.4 is 20.4 Å². The molecule has 2 atom stereocenters. The molecule has 2 aliphatic heterocycles. The van der Waals surface area contributed by atoms with Crippen LogP contribution in [-0.4, -0.2) is 52.2 Å². The summed E-state index contributed by atoms with van der Waals surface area (Å²) >= 11 is 0. The number of anilines is 2. The third-order valence-corrected chi connectivity index (χ3v) is 8.19. The number of nitrogens with one attached hydrogen (secondary N) is 1. The van der Waals surface area contributed by atoms with Crippen molar-refractivity contribution in [2.24, 2.45) is 0 Å². The normalized spacial score (nSPS) is 18.5. The van der Waals surface area contributed by atoms with Crippen LogP contribution in [0.1, 0.15) is 42.6 Å². The summed E-state index contributed by atoms with van der Waals surface area (Å²) in [6.45, 7) is 6.80. The molecule has 1 fully saturated rings. The Kier molecular flexibility index (Phi) is 7.33. The minimum absolute atomic E-state index is 0.135. The third-order valence-electron chi connectivity index (χ3n) is 8.19. The van der Waals surface area contributed by atoms with Crippen molar-refractivity contribution in [1.82, 2.24) is 19.4 Å². The number of ether oxygens (including phenoxy) is 1. The predicted octanol–water partition coefficient (Wildman–Crippen LogP) is 5.04. The maximum Gasteiger partial charge on any atom is 0.202 e. The molecular weight excluding hydrogens is 526 g/mol. The van der Waals surface area contributed by atoms with Crippen LogP contribution in [0.25, 0.3) is 10.9 Å². The summed E-state index contributed by atoms with van der Waals surface area (Å²) < 4.78 is 36.6. The first-order valence-corrected chi connectivity index (χ1v) is 14.0. The lowest BCUT2D eigenvalue weighted by Gasteiger charge is -2.40. The molecule has 6 rings (SSSR count). The fraction of sp³-hybridized carbons (Fsp3) is 0.387. The average Bonchev–Trinajstić information content (AvgIpc) is 2.98. The van der Waals surface area contributed by atoms with Crippen LogP contribution in [0.5, 0.6) is 5.75 Å². The van der Waals surface area contributed by atoms with Crippen LogP contribution in [0, 0.1) is 18.6 Å². The molecule has 2 aliphatic rings. The molecule has 0 radical (unpaired) electrons. The van der Waals surface area contributed by atoms with E-state index in [1.54, 1.807) is 6.20 Å². The molecule has 1 saturated heterocycles. The zero-order chi connectivity index (χ0) is 28.7. The smallest absolute Gasteiger partial charge is 0.202 e. The van der Waals surface area contributed by atoms with E-state index in [-0.39, 0.29) is 35.3 Å². The van der Waals surface area contributed by atoms with Crippen molar-refractivity contribution >= 4 is 22.4 Å². The number of aromatic nitrogens is 3. The summed E-state index contributed by atoms with van der Waals surface area (Å²) in [5.74, 6) is -1.50. The Morgan fingerprint density at radius 2 is 2.02 bits per heavy atom. The summed E-state index contributed by atoms with van der Waals surface area (Å²) in [4.78, 5) is 27.3. The molecule has 214 valence electrons. The minimum atomic E-state index is -1.08. The van der Waals surface area contributed by atoms with Crippen LogP contribution >= 0.6 is 0 Å². The second kappa shape index (κ2) is 11.1. The monoisotopic (exact) mass is 560 g/mol. The van der Waals surface area contributed by atoms with Gasteiger partial charge in [-0.1, -0.05) is 0 Å². The van der Waals surface area contributed by atoms with E-state index in [9.17, 15) is 13.6 Å². The van der Waals surface area contributed by atoms with Gasteiger partial charge >= 0.3 is 0 Å². The highest BCUT2D eigenvalue weighted by atomic mass is 19.2. The molecule has 0 saturated carbocycles. The van der Waals surface area contributed by atoms with E-state index in [0.717, 1.165) is 54.8 Å².